The first kappa shape index (κ1) is 11.1. The van der Waals surface area contributed by atoms with Gasteiger partial charge in [-0.2, -0.15) is 0 Å². The molecule has 0 bridgehead atoms. The van der Waals surface area contributed by atoms with Gasteiger partial charge in [-0.25, -0.2) is 0 Å². The molecule has 2 nitrogen and oxygen atoms in total. The fourth-order valence-electron chi connectivity index (χ4n) is 2.13. The maximum absolute atomic E-state index is 8.98. The van der Waals surface area contributed by atoms with E-state index in [1.807, 2.05) is 0 Å². The zero-order valence-corrected chi connectivity index (χ0v) is 10.2. The second-order valence-electron chi connectivity index (χ2n) is 4.43. The highest BCUT2D eigenvalue weighted by atomic mass is 79.9. The van der Waals surface area contributed by atoms with Crippen molar-refractivity contribution >= 4 is 15.9 Å². The molecule has 1 aromatic carbocycles. The van der Waals surface area contributed by atoms with Crippen LogP contribution < -0.4 is 5.73 Å². The van der Waals surface area contributed by atoms with Crippen molar-refractivity contribution in [2.45, 2.75) is 30.7 Å². The predicted molar refractivity (Wildman–Crippen MR) is 64.7 cm³/mol. The molecule has 15 heavy (non-hydrogen) atoms. The van der Waals surface area contributed by atoms with Gasteiger partial charge in [-0.05, 0) is 42.4 Å². The molecule has 2 rings (SSSR count). The summed E-state index contributed by atoms with van der Waals surface area (Å²) >= 11 is 3.43. The standard InChI is InChI=1S/C12H16BrNO/c13-10-3-1-9(2-4-10)12(5-6-12)7-11(14)8-15/h1-4,11,15H,5-8,14H2. The highest BCUT2D eigenvalue weighted by molar-refractivity contribution is 9.10. The highest BCUT2D eigenvalue weighted by Gasteiger charge is 2.44. The molecule has 0 spiro atoms. The number of benzene rings is 1. The Labute approximate surface area is 98.6 Å². The number of hydrogen-bond donors (Lipinski definition) is 2. The summed E-state index contributed by atoms with van der Waals surface area (Å²) in [5, 5.41) is 8.98. The minimum Gasteiger partial charge on any atom is -0.395 e. The number of aliphatic hydroxyl groups excluding tert-OH is 1. The van der Waals surface area contributed by atoms with E-state index < -0.39 is 0 Å². The highest BCUT2D eigenvalue weighted by Crippen LogP contribution is 2.51. The van der Waals surface area contributed by atoms with Gasteiger partial charge in [-0.3, -0.25) is 0 Å². The zero-order valence-electron chi connectivity index (χ0n) is 8.62. The maximum Gasteiger partial charge on any atom is 0.0582 e. The number of aliphatic hydroxyl groups is 1. The van der Waals surface area contributed by atoms with Crippen molar-refractivity contribution in [3.8, 4) is 0 Å². The van der Waals surface area contributed by atoms with Crippen molar-refractivity contribution in [3.05, 3.63) is 34.3 Å². The van der Waals surface area contributed by atoms with Gasteiger partial charge in [-0.1, -0.05) is 28.1 Å². The summed E-state index contributed by atoms with van der Waals surface area (Å²) in [7, 11) is 0. The summed E-state index contributed by atoms with van der Waals surface area (Å²) in [5.41, 5.74) is 7.42. The van der Waals surface area contributed by atoms with E-state index in [2.05, 4.69) is 40.2 Å². The van der Waals surface area contributed by atoms with Gasteiger partial charge in [-0.15, -0.1) is 0 Å². The first-order valence-electron chi connectivity index (χ1n) is 5.29. The van der Waals surface area contributed by atoms with Crippen molar-refractivity contribution in [1.29, 1.82) is 0 Å². The quantitative estimate of drug-likeness (QED) is 0.881. The van der Waals surface area contributed by atoms with E-state index in [1.165, 1.54) is 18.4 Å². The summed E-state index contributed by atoms with van der Waals surface area (Å²) in [6.07, 6.45) is 3.29. The molecule has 1 unspecified atom stereocenters. The lowest BCUT2D eigenvalue weighted by Gasteiger charge is -2.19. The molecule has 1 aliphatic rings. The van der Waals surface area contributed by atoms with Crippen LogP contribution in [0.2, 0.25) is 0 Å². The molecule has 0 heterocycles. The van der Waals surface area contributed by atoms with Crippen LogP contribution in [0, 0.1) is 0 Å². The fourth-order valence-corrected chi connectivity index (χ4v) is 2.40. The van der Waals surface area contributed by atoms with E-state index in [0.717, 1.165) is 10.9 Å². The van der Waals surface area contributed by atoms with E-state index >= 15 is 0 Å². The van der Waals surface area contributed by atoms with Gasteiger partial charge >= 0.3 is 0 Å². The lowest BCUT2D eigenvalue weighted by molar-refractivity contribution is 0.251. The summed E-state index contributed by atoms with van der Waals surface area (Å²) in [6.45, 7) is 0.0816. The Morgan fingerprint density at radius 2 is 1.93 bits per heavy atom. The van der Waals surface area contributed by atoms with Crippen LogP contribution in [0.15, 0.2) is 28.7 Å². The van der Waals surface area contributed by atoms with Crippen molar-refractivity contribution in [2.24, 2.45) is 5.73 Å². The molecular weight excluding hydrogens is 254 g/mol. The maximum atomic E-state index is 8.98. The van der Waals surface area contributed by atoms with Crippen LogP contribution in [0.4, 0.5) is 0 Å². The van der Waals surface area contributed by atoms with Gasteiger partial charge < -0.3 is 10.8 Å². The second kappa shape index (κ2) is 4.24. The van der Waals surface area contributed by atoms with Crippen LogP contribution in [-0.4, -0.2) is 17.8 Å². The molecule has 1 fully saturated rings. The predicted octanol–water partition coefficient (Wildman–Crippen LogP) is 2.19. The SMILES string of the molecule is NC(CO)CC1(c2ccc(Br)cc2)CC1. The average molecular weight is 270 g/mol. The van der Waals surface area contributed by atoms with Crippen LogP contribution in [0.1, 0.15) is 24.8 Å². The summed E-state index contributed by atoms with van der Waals surface area (Å²) in [5.74, 6) is 0. The van der Waals surface area contributed by atoms with Crippen molar-refractivity contribution < 1.29 is 5.11 Å². The van der Waals surface area contributed by atoms with Crippen molar-refractivity contribution in [1.82, 2.24) is 0 Å². The molecule has 0 amide bonds. The van der Waals surface area contributed by atoms with Gasteiger partial charge in [0.1, 0.15) is 0 Å². The molecule has 0 aromatic heterocycles. The van der Waals surface area contributed by atoms with Gasteiger partial charge in [0.2, 0.25) is 0 Å². The summed E-state index contributed by atoms with van der Waals surface area (Å²) < 4.78 is 1.11. The molecule has 3 heteroatoms. The van der Waals surface area contributed by atoms with Gasteiger partial charge in [0.25, 0.3) is 0 Å². The van der Waals surface area contributed by atoms with E-state index in [4.69, 9.17) is 10.8 Å². The Morgan fingerprint density at radius 3 is 2.40 bits per heavy atom. The third-order valence-electron chi connectivity index (χ3n) is 3.20. The van der Waals surface area contributed by atoms with Crippen molar-refractivity contribution in [2.75, 3.05) is 6.61 Å². The first-order chi connectivity index (χ1) is 7.16. The monoisotopic (exact) mass is 269 g/mol. The Morgan fingerprint density at radius 1 is 1.33 bits per heavy atom. The van der Waals surface area contributed by atoms with Crippen LogP contribution in [0.25, 0.3) is 0 Å². The largest absolute Gasteiger partial charge is 0.395 e. The Balaban J connectivity index is 2.12. The minimum absolute atomic E-state index is 0.0816. The molecule has 1 aromatic rings. The topological polar surface area (TPSA) is 46.2 Å². The number of halogens is 1. The summed E-state index contributed by atoms with van der Waals surface area (Å²) in [4.78, 5) is 0. The molecular formula is C12H16BrNO. The van der Waals surface area contributed by atoms with Crippen molar-refractivity contribution in [3.63, 3.8) is 0 Å². The van der Waals surface area contributed by atoms with Crippen LogP contribution >= 0.6 is 15.9 Å². The Kier molecular flexibility index (Phi) is 3.14. The smallest absolute Gasteiger partial charge is 0.0582 e. The molecule has 0 aliphatic heterocycles. The Hall–Kier alpha value is -0.380. The minimum atomic E-state index is -0.0869. The number of hydrogen-bond acceptors (Lipinski definition) is 2. The number of nitrogens with two attached hydrogens (primary N) is 1. The fraction of sp³-hybridized carbons (Fsp3) is 0.500. The molecule has 1 atom stereocenters. The van der Waals surface area contributed by atoms with E-state index in [-0.39, 0.29) is 18.1 Å². The van der Waals surface area contributed by atoms with Gasteiger partial charge in [0.15, 0.2) is 0 Å². The van der Waals surface area contributed by atoms with E-state index in [9.17, 15) is 0 Å². The van der Waals surface area contributed by atoms with Crippen LogP contribution in [-0.2, 0) is 5.41 Å². The third-order valence-corrected chi connectivity index (χ3v) is 3.73. The van der Waals surface area contributed by atoms with Gasteiger partial charge in [0, 0.05) is 10.5 Å². The zero-order chi connectivity index (χ0) is 10.9. The van der Waals surface area contributed by atoms with Crippen LogP contribution in [0.5, 0.6) is 0 Å². The molecule has 1 aliphatic carbocycles. The average Bonchev–Trinajstić information content (AvgIpc) is 3.00. The molecule has 82 valence electrons. The third kappa shape index (κ3) is 2.41. The first-order valence-corrected chi connectivity index (χ1v) is 6.08. The summed E-state index contributed by atoms with van der Waals surface area (Å²) in [6, 6.07) is 8.36. The molecule has 0 radical (unpaired) electrons. The molecule has 3 N–H and O–H groups in total. The van der Waals surface area contributed by atoms with Gasteiger partial charge in [0.05, 0.1) is 6.61 Å². The number of rotatable bonds is 4. The lowest BCUT2D eigenvalue weighted by atomic mass is 9.89. The van der Waals surface area contributed by atoms with E-state index in [0.29, 0.717) is 0 Å². The van der Waals surface area contributed by atoms with E-state index in [1.54, 1.807) is 0 Å². The molecule has 1 saturated carbocycles. The normalized spacial score (nSPS) is 19.9. The Bertz CT molecular complexity index is 332. The molecule has 0 saturated heterocycles. The van der Waals surface area contributed by atoms with Crippen LogP contribution in [0.3, 0.4) is 0 Å². The second-order valence-corrected chi connectivity index (χ2v) is 5.35. The lowest BCUT2D eigenvalue weighted by Crippen LogP contribution is -2.29.